The third-order valence-electron chi connectivity index (χ3n) is 2.73. The summed E-state index contributed by atoms with van der Waals surface area (Å²) in [7, 11) is 0. The standard InChI is InChI=1S/C14H13ClFN/c1-9-2-4-10(5-3-9)14(17)12-8-11(15)6-7-13(12)16/h2-8,14H,17H2,1H3. The van der Waals surface area contributed by atoms with E-state index in [0.29, 0.717) is 10.6 Å². The van der Waals surface area contributed by atoms with Gasteiger partial charge in [0.15, 0.2) is 0 Å². The minimum Gasteiger partial charge on any atom is -0.320 e. The van der Waals surface area contributed by atoms with Crippen molar-refractivity contribution < 1.29 is 4.39 Å². The molecule has 0 aliphatic rings. The van der Waals surface area contributed by atoms with Crippen LogP contribution in [0, 0.1) is 12.7 Å². The molecule has 1 nitrogen and oxygen atoms in total. The first-order valence-electron chi connectivity index (χ1n) is 5.35. The number of rotatable bonds is 2. The highest BCUT2D eigenvalue weighted by molar-refractivity contribution is 6.30. The van der Waals surface area contributed by atoms with Gasteiger partial charge in [0, 0.05) is 10.6 Å². The van der Waals surface area contributed by atoms with Crippen LogP contribution in [0.2, 0.25) is 5.02 Å². The lowest BCUT2D eigenvalue weighted by atomic mass is 9.98. The van der Waals surface area contributed by atoms with Gasteiger partial charge in [0.25, 0.3) is 0 Å². The molecule has 88 valence electrons. The SMILES string of the molecule is Cc1ccc(C(N)c2cc(Cl)ccc2F)cc1. The molecule has 0 saturated heterocycles. The average molecular weight is 250 g/mol. The highest BCUT2D eigenvalue weighted by Crippen LogP contribution is 2.25. The Labute approximate surface area is 105 Å². The van der Waals surface area contributed by atoms with Gasteiger partial charge in [0.1, 0.15) is 5.82 Å². The van der Waals surface area contributed by atoms with Crippen molar-refractivity contribution in [1.82, 2.24) is 0 Å². The van der Waals surface area contributed by atoms with Gasteiger partial charge in [-0.25, -0.2) is 4.39 Å². The molecule has 0 aliphatic carbocycles. The molecule has 0 heterocycles. The van der Waals surface area contributed by atoms with Gasteiger partial charge in [0.2, 0.25) is 0 Å². The third kappa shape index (κ3) is 2.65. The van der Waals surface area contributed by atoms with Crippen molar-refractivity contribution in [3.63, 3.8) is 0 Å². The van der Waals surface area contributed by atoms with Crippen LogP contribution < -0.4 is 5.73 Å². The van der Waals surface area contributed by atoms with Gasteiger partial charge >= 0.3 is 0 Å². The van der Waals surface area contributed by atoms with E-state index < -0.39 is 6.04 Å². The van der Waals surface area contributed by atoms with E-state index in [-0.39, 0.29) is 5.82 Å². The van der Waals surface area contributed by atoms with E-state index in [4.69, 9.17) is 17.3 Å². The lowest BCUT2D eigenvalue weighted by molar-refractivity contribution is 0.600. The summed E-state index contributed by atoms with van der Waals surface area (Å²) in [6.45, 7) is 2.00. The highest BCUT2D eigenvalue weighted by Gasteiger charge is 2.13. The summed E-state index contributed by atoms with van der Waals surface area (Å²) in [5, 5.41) is 0.490. The normalized spacial score (nSPS) is 12.5. The van der Waals surface area contributed by atoms with Crippen molar-refractivity contribution in [2.24, 2.45) is 5.73 Å². The van der Waals surface area contributed by atoms with Gasteiger partial charge in [-0.1, -0.05) is 41.4 Å². The van der Waals surface area contributed by atoms with Gasteiger partial charge < -0.3 is 5.73 Å². The molecule has 1 unspecified atom stereocenters. The second-order valence-corrected chi connectivity index (χ2v) is 4.49. The zero-order chi connectivity index (χ0) is 12.4. The predicted molar refractivity (Wildman–Crippen MR) is 68.6 cm³/mol. The Balaban J connectivity index is 2.39. The molecule has 0 aromatic heterocycles. The van der Waals surface area contributed by atoms with Crippen LogP contribution in [-0.2, 0) is 0 Å². The van der Waals surface area contributed by atoms with Crippen LogP contribution in [0.15, 0.2) is 42.5 Å². The number of nitrogens with two attached hydrogens (primary N) is 1. The first kappa shape index (κ1) is 12.1. The largest absolute Gasteiger partial charge is 0.320 e. The highest BCUT2D eigenvalue weighted by atomic mass is 35.5. The third-order valence-corrected chi connectivity index (χ3v) is 2.96. The van der Waals surface area contributed by atoms with Gasteiger partial charge in [-0.15, -0.1) is 0 Å². The van der Waals surface area contributed by atoms with Crippen LogP contribution in [0.5, 0.6) is 0 Å². The van der Waals surface area contributed by atoms with E-state index in [1.807, 2.05) is 31.2 Å². The summed E-state index contributed by atoms with van der Waals surface area (Å²) in [4.78, 5) is 0. The molecule has 2 N–H and O–H groups in total. The summed E-state index contributed by atoms with van der Waals surface area (Å²) >= 11 is 5.85. The monoisotopic (exact) mass is 249 g/mol. The van der Waals surface area contributed by atoms with Crippen LogP contribution in [-0.4, -0.2) is 0 Å². The molecule has 3 heteroatoms. The van der Waals surface area contributed by atoms with Gasteiger partial charge in [-0.3, -0.25) is 0 Å². The first-order chi connectivity index (χ1) is 8.08. The van der Waals surface area contributed by atoms with E-state index in [0.717, 1.165) is 11.1 Å². The smallest absolute Gasteiger partial charge is 0.128 e. The summed E-state index contributed by atoms with van der Waals surface area (Å²) in [6, 6.07) is 11.7. The maximum Gasteiger partial charge on any atom is 0.128 e. The number of hydrogen-bond donors (Lipinski definition) is 1. The van der Waals surface area contributed by atoms with E-state index in [1.54, 1.807) is 6.07 Å². The predicted octanol–water partition coefficient (Wildman–Crippen LogP) is 3.84. The number of hydrogen-bond acceptors (Lipinski definition) is 1. The fourth-order valence-electron chi connectivity index (χ4n) is 1.71. The summed E-state index contributed by atoms with van der Waals surface area (Å²) in [5.74, 6) is -0.331. The fourth-order valence-corrected chi connectivity index (χ4v) is 1.89. The number of aryl methyl sites for hydroxylation is 1. The van der Waals surface area contributed by atoms with Crippen LogP contribution >= 0.6 is 11.6 Å². The minimum atomic E-state index is -0.491. The number of halogens is 2. The summed E-state index contributed by atoms with van der Waals surface area (Å²) in [6.07, 6.45) is 0. The zero-order valence-electron chi connectivity index (χ0n) is 9.45. The first-order valence-corrected chi connectivity index (χ1v) is 5.73. The zero-order valence-corrected chi connectivity index (χ0v) is 10.2. The van der Waals surface area contributed by atoms with Crippen molar-refractivity contribution in [1.29, 1.82) is 0 Å². The molecule has 0 aliphatic heterocycles. The number of benzene rings is 2. The van der Waals surface area contributed by atoms with E-state index in [2.05, 4.69) is 0 Å². The van der Waals surface area contributed by atoms with Crippen molar-refractivity contribution in [3.8, 4) is 0 Å². The Morgan fingerprint density at radius 2 is 1.76 bits per heavy atom. The Morgan fingerprint density at radius 1 is 1.12 bits per heavy atom. The summed E-state index contributed by atoms with van der Waals surface area (Å²) in [5.41, 5.74) is 8.47. The maximum absolute atomic E-state index is 13.6. The van der Waals surface area contributed by atoms with Gasteiger partial charge in [0.05, 0.1) is 6.04 Å². The average Bonchev–Trinajstić information content (AvgIpc) is 2.32. The summed E-state index contributed by atoms with van der Waals surface area (Å²) < 4.78 is 13.6. The molecule has 0 bridgehead atoms. The van der Waals surface area contributed by atoms with Crippen molar-refractivity contribution in [3.05, 3.63) is 70.0 Å². The van der Waals surface area contributed by atoms with Crippen molar-refractivity contribution in [2.45, 2.75) is 13.0 Å². The second kappa shape index (κ2) is 4.86. The van der Waals surface area contributed by atoms with E-state index >= 15 is 0 Å². The van der Waals surface area contributed by atoms with Crippen molar-refractivity contribution in [2.75, 3.05) is 0 Å². The Bertz CT molecular complexity index is 522. The molecule has 0 spiro atoms. The van der Waals surface area contributed by atoms with Crippen molar-refractivity contribution >= 4 is 11.6 Å². The van der Waals surface area contributed by atoms with Crippen LogP contribution in [0.1, 0.15) is 22.7 Å². The molecule has 2 aromatic rings. The minimum absolute atomic E-state index is 0.331. The van der Waals surface area contributed by atoms with Gasteiger partial charge in [-0.2, -0.15) is 0 Å². The Morgan fingerprint density at radius 3 is 2.41 bits per heavy atom. The van der Waals surface area contributed by atoms with E-state index in [9.17, 15) is 4.39 Å². The fraction of sp³-hybridized carbons (Fsp3) is 0.143. The molecular formula is C14H13ClFN. The molecule has 1 atom stereocenters. The second-order valence-electron chi connectivity index (χ2n) is 4.05. The van der Waals surface area contributed by atoms with Crippen LogP contribution in [0.3, 0.4) is 0 Å². The van der Waals surface area contributed by atoms with E-state index in [1.165, 1.54) is 12.1 Å². The lowest BCUT2D eigenvalue weighted by Crippen LogP contribution is -2.13. The lowest BCUT2D eigenvalue weighted by Gasteiger charge is -2.14. The molecule has 0 radical (unpaired) electrons. The molecule has 0 amide bonds. The Kier molecular flexibility index (Phi) is 3.46. The van der Waals surface area contributed by atoms with Crippen LogP contribution in [0.4, 0.5) is 4.39 Å². The molecule has 0 fully saturated rings. The topological polar surface area (TPSA) is 26.0 Å². The van der Waals surface area contributed by atoms with Gasteiger partial charge in [-0.05, 0) is 30.7 Å². The quantitative estimate of drug-likeness (QED) is 0.860. The molecule has 2 rings (SSSR count). The molecule has 17 heavy (non-hydrogen) atoms. The molecular weight excluding hydrogens is 237 g/mol. The molecule has 2 aromatic carbocycles. The Hall–Kier alpha value is -1.38. The maximum atomic E-state index is 13.6. The molecule has 0 saturated carbocycles. The van der Waals surface area contributed by atoms with Crippen LogP contribution in [0.25, 0.3) is 0 Å².